The van der Waals surface area contributed by atoms with Gasteiger partial charge in [-0.3, -0.25) is 4.90 Å². The highest BCUT2D eigenvalue weighted by molar-refractivity contribution is 7.89. The molecule has 0 aromatic heterocycles. The van der Waals surface area contributed by atoms with Crippen molar-refractivity contribution in [2.24, 2.45) is 5.14 Å². The minimum Gasteiger partial charge on any atom is -0.295 e. The molecule has 0 radical (unpaired) electrons. The van der Waals surface area contributed by atoms with Crippen molar-refractivity contribution in [3.05, 3.63) is 65.2 Å². The molecule has 124 valence electrons. The summed E-state index contributed by atoms with van der Waals surface area (Å²) in [5.74, 6) is -1.72. The first-order valence-electron chi connectivity index (χ1n) is 6.96. The maximum atomic E-state index is 13.7. The van der Waals surface area contributed by atoms with Gasteiger partial charge < -0.3 is 0 Å². The molecule has 1 atom stereocenters. The van der Waals surface area contributed by atoms with Crippen molar-refractivity contribution < 1.29 is 17.2 Å². The first-order chi connectivity index (χ1) is 10.7. The van der Waals surface area contributed by atoms with Crippen LogP contribution in [-0.2, 0) is 16.6 Å². The summed E-state index contributed by atoms with van der Waals surface area (Å²) in [5.41, 5.74) is 1.11. The predicted octanol–water partition coefficient (Wildman–Crippen LogP) is 2.81. The van der Waals surface area contributed by atoms with Gasteiger partial charge in [-0.15, -0.1) is 0 Å². The van der Waals surface area contributed by atoms with Crippen LogP contribution in [0.3, 0.4) is 0 Å². The van der Waals surface area contributed by atoms with Gasteiger partial charge in [-0.1, -0.05) is 24.3 Å². The highest BCUT2D eigenvalue weighted by Crippen LogP contribution is 2.23. The van der Waals surface area contributed by atoms with Crippen LogP contribution in [0.25, 0.3) is 0 Å². The molecule has 0 fully saturated rings. The molecule has 0 aliphatic carbocycles. The molecule has 0 heterocycles. The minimum atomic E-state index is -3.73. The summed E-state index contributed by atoms with van der Waals surface area (Å²) < 4.78 is 49.5. The molecule has 0 spiro atoms. The highest BCUT2D eigenvalue weighted by atomic mass is 32.2. The Morgan fingerprint density at radius 2 is 1.74 bits per heavy atom. The largest absolute Gasteiger partial charge is 0.295 e. The minimum absolute atomic E-state index is 0.0345. The van der Waals surface area contributed by atoms with Crippen LogP contribution in [0.5, 0.6) is 0 Å². The molecule has 2 N–H and O–H groups in total. The van der Waals surface area contributed by atoms with Gasteiger partial charge in [-0.2, -0.15) is 0 Å². The Balaban J connectivity index is 2.16. The lowest BCUT2D eigenvalue weighted by Gasteiger charge is -2.25. The van der Waals surface area contributed by atoms with Crippen LogP contribution in [-0.4, -0.2) is 20.4 Å². The Labute approximate surface area is 134 Å². The van der Waals surface area contributed by atoms with E-state index < -0.39 is 21.7 Å². The fourth-order valence-corrected chi connectivity index (χ4v) is 2.78. The van der Waals surface area contributed by atoms with Gasteiger partial charge in [0.15, 0.2) is 11.6 Å². The normalized spacial score (nSPS) is 13.3. The molecule has 0 aliphatic rings. The molecular weight excluding hydrogens is 322 g/mol. The standard InChI is InChI=1S/C16H18F2N2O2S/c1-11(12-6-8-14(9-7-12)23(19,21)22)20(2)10-13-4-3-5-15(17)16(13)18/h3-9,11H,10H2,1-2H3,(H2,19,21,22). The van der Waals surface area contributed by atoms with Gasteiger partial charge >= 0.3 is 0 Å². The molecule has 2 aromatic rings. The number of hydrogen-bond donors (Lipinski definition) is 1. The Morgan fingerprint density at radius 1 is 1.13 bits per heavy atom. The van der Waals surface area contributed by atoms with Gasteiger partial charge in [0.1, 0.15) is 0 Å². The summed E-state index contributed by atoms with van der Waals surface area (Å²) in [6.07, 6.45) is 0. The number of primary sulfonamides is 1. The Morgan fingerprint density at radius 3 is 2.30 bits per heavy atom. The first-order valence-corrected chi connectivity index (χ1v) is 8.50. The van der Waals surface area contributed by atoms with E-state index >= 15 is 0 Å². The number of rotatable bonds is 5. The van der Waals surface area contributed by atoms with Gasteiger partial charge in [-0.05, 0) is 37.7 Å². The summed E-state index contributed by atoms with van der Waals surface area (Å²) in [4.78, 5) is 1.87. The number of halogens is 2. The highest BCUT2D eigenvalue weighted by Gasteiger charge is 2.16. The van der Waals surface area contributed by atoms with Crippen molar-refractivity contribution in [1.29, 1.82) is 0 Å². The zero-order chi connectivity index (χ0) is 17.2. The Bertz CT molecular complexity index is 792. The first kappa shape index (κ1) is 17.5. The van der Waals surface area contributed by atoms with Crippen LogP contribution in [0.4, 0.5) is 8.78 Å². The van der Waals surface area contributed by atoms with Gasteiger partial charge in [0.05, 0.1) is 4.90 Å². The van der Waals surface area contributed by atoms with Crippen LogP contribution in [0.2, 0.25) is 0 Å². The van der Waals surface area contributed by atoms with Gasteiger partial charge in [-0.25, -0.2) is 22.3 Å². The van der Waals surface area contributed by atoms with E-state index in [1.54, 1.807) is 19.2 Å². The lowest BCUT2D eigenvalue weighted by molar-refractivity contribution is 0.248. The number of sulfonamides is 1. The van der Waals surface area contributed by atoms with E-state index in [2.05, 4.69) is 0 Å². The van der Waals surface area contributed by atoms with E-state index in [0.717, 1.165) is 11.6 Å². The van der Waals surface area contributed by atoms with Crippen molar-refractivity contribution in [1.82, 2.24) is 4.90 Å². The third kappa shape index (κ3) is 4.13. The van der Waals surface area contributed by atoms with Crippen LogP contribution in [0.1, 0.15) is 24.1 Å². The molecule has 23 heavy (non-hydrogen) atoms. The summed E-state index contributed by atoms with van der Waals surface area (Å²) in [6.45, 7) is 2.12. The summed E-state index contributed by atoms with van der Waals surface area (Å²) in [6, 6.07) is 10.1. The van der Waals surface area contributed by atoms with Gasteiger partial charge in [0.2, 0.25) is 10.0 Å². The lowest BCUT2D eigenvalue weighted by Crippen LogP contribution is -2.23. The van der Waals surface area contributed by atoms with Crippen LogP contribution in [0, 0.1) is 11.6 Å². The monoisotopic (exact) mass is 340 g/mol. The SMILES string of the molecule is CC(c1ccc(S(N)(=O)=O)cc1)N(C)Cc1cccc(F)c1F. The number of hydrogen-bond acceptors (Lipinski definition) is 3. The van der Waals surface area contributed by atoms with Crippen LogP contribution >= 0.6 is 0 Å². The second-order valence-electron chi connectivity index (χ2n) is 5.42. The Hall–Kier alpha value is -1.83. The molecule has 0 saturated heterocycles. The lowest BCUT2D eigenvalue weighted by atomic mass is 10.1. The summed E-state index contributed by atoms with van der Waals surface area (Å²) in [5, 5.41) is 5.06. The number of nitrogens with zero attached hydrogens (tertiary/aromatic N) is 1. The zero-order valence-electron chi connectivity index (χ0n) is 12.8. The van der Waals surface area contributed by atoms with E-state index in [1.807, 2.05) is 11.8 Å². The maximum Gasteiger partial charge on any atom is 0.238 e. The molecular formula is C16H18F2N2O2S. The maximum absolute atomic E-state index is 13.7. The van der Waals surface area contributed by atoms with Crippen molar-refractivity contribution >= 4 is 10.0 Å². The van der Waals surface area contributed by atoms with Crippen LogP contribution < -0.4 is 5.14 Å². The average molecular weight is 340 g/mol. The predicted molar refractivity (Wildman–Crippen MR) is 84.1 cm³/mol. The van der Waals surface area contributed by atoms with Gasteiger partial charge in [0, 0.05) is 18.2 Å². The van der Waals surface area contributed by atoms with Crippen molar-refractivity contribution in [2.75, 3.05) is 7.05 Å². The summed E-state index contributed by atoms with van der Waals surface area (Å²) in [7, 11) is -1.95. The topological polar surface area (TPSA) is 63.4 Å². The molecule has 2 rings (SSSR count). The second kappa shape index (κ2) is 6.74. The van der Waals surface area contributed by atoms with E-state index in [4.69, 9.17) is 5.14 Å². The third-order valence-electron chi connectivity index (χ3n) is 3.80. The Kier molecular flexibility index (Phi) is 5.13. The average Bonchev–Trinajstić information content (AvgIpc) is 2.50. The fraction of sp³-hybridized carbons (Fsp3) is 0.250. The number of nitrogens with two attached hydrogens (primary N) is 1. The smallest absolute Gasteiger partial charge is 0.238 e. The molecule has 0 aliphatic heterocycles. The molecule has 7 heteroatoms. The van der Waals surface area contributed by atoms with E-state index in [0.29, 0.717) is 0 Å². The molecule has 2 aromatic carbocycles. The third-order valence-corrected chi connectivity index (χ3v) is 4.73. The second-order valence-corrected chi connectivity index (χ2v) is 6.98. The van der Waals surface area contributed by atoms with Gasteiger partial charge in [0.25, 0.3) is 0 Å². The van der Waals surface area contributed by atoms with Crippen molar-refractivity contribution in [2.45, 2.75) is 24.4 Å². The van der Waals surface area contributed by atoms with Crippen molar-refractivity contribution in [3.63, 3.8) is 0 Å². The zero-order valence-corrected chi connectivity index (χ0v) is 13.6. The molecule has 1 unspecified atom stereocenters. The van der Waals surface area contributed by atoms with Crippen molar-refractivity contribution in [3.8, 4) is 0 Å². The molecule has 0 bridgehead atoms. The molecule has 4 nitrogen and oxygen atoms in total. The van der Waals surface area contributed by atoms with E-state index in [1.165, 1.54) is 24.3 Å². The van der Waals surface area contributed by atoms with E-state index in [-0.39, 0.29) is 23.0 Å². The van der Waals surface area contributed by atoms with Crippen LogP contribution in [0.15, 0.2) is 47.4 Å². The summed E-state index contributed by atoms with van der Waals surface area (Å²) >= 11 is 0. The molecule has 0 amide bonds. The quantitative estimate of drug-likeness (QED) is 0.910. The molecule has 0 saturated carbocycles. The number of benzene rings is 2. The fourth-order valence-electron chi connectivity index (χ4n) is 2.27. The van der Waals surface area contributed by atoms with E-state index in [9.17, 15) is 17.2 Å².